The number of carbonyl (C=O) groups is 1. The largest absolute Gasteiger partial charge is 0.480 e. The molecule has 25 heavy (non-hydrogen) atoms. The van der Waals surface area contributed by atoms with Crippen LogP contribution in [-0.4, -0.2) is 56.8 Å². The number of imidazole rings is 1. The highest BCUT2D eigenvalue weighted by Gasteiger charge is 2.30. The summed E-state index contributed by atoms with van der Waals surface area (Å²) in [4.78, 5) is 28.1. The van der Waals surface area contributed by atoms with Crippen LogP contribution in [0.3, 0.4) is 0 Å². The summed E-state index contributed by atoms with van der Waals surface area (Å²) in [7, 11) is -3.24. The Kier molecular flexibility index (Phi) is 4.65. The Morgan fingerprint density at radius 3 is 2.64 bits per heavy atom. The van der Waals surface area contributed by atoms with Crippen molar-refractivity contribution in [3.05, 3.63) is 28.8 Å². The van der Waals surface area contributed by atoms with Crippen LogP contribution in [0.25, 0.3) is 11.2 Å². The molecular formula is C15H20N4O5S. The molecule has 3 heterocycles. The molecule has 1 N–H and O–H groups in total. The van der Waals surface area contributed by atoms with E-state index in [9.17, 15) is 18.0 Å². The summed E-state index contributed by atoms with van der Waals surface area (Å²) in [5, 5.41) is 9.06. The third-order valence-corrected chi connectivity index (χ3v) is 6.44. The van der Waals surface area contributed by atoms with E-state index in [0.717, 1.165) is 0 Å². The summed E-state index contributed by atoms with van der Waals surface area (Å²) >= 11 is 0. The van der Waals surface area contributed by atoms with Gasteiger partial charge in [0, 0.05) is 25.3 Å². The summed E-state index contributed by atoms with van der Waals surface area (Å²) in [5.41, 5.74) is 0.483. The Hall–Kier alpha value is -2.20. The van der Waals surface area contributed by atoms with Gasteiger partial charge >= 0.3 is 11.7 Å². The van der Waals surface area contributed by atoms with Crippen molar-refractivity contribution in [2.45, 2.75) is 32.4 Å². The number of pyridine rings is 1. The number of carboxylic acids is 1. The molecule has 1 aliphatic heterocycles. The van der Waals surface area contributed by atoms with Gasteiger partial charge in [-0.05, 0) is 31.9 Å². The van der Waals surface area contributed by atoms with Crippen LogP contribution in [0.4, 0.5) is 0 Å². The minimum Gasteiger partial charge on any atom is -0.480 e. The Morgan fingerprint density at radius 1 is 1.36 bits per heavy atom. The lowest BCUT2D eigenvalue weighted by Crippen LogP contribution is -2.41. The molecule has 0 saturated carbocycles. The van der Waals surface area contributed by atoms with Crippen LogP contribution < -0.4 is 5.69 Å². The molecule has 0 atom stereocenters. The zero-order chi connectivity index (χ0) is 18.2. The maximum absolute atomic E-state index is 12.7. The van der Waals surface area contributed by atoms with Gasteiger partial charge in [-0.1, -0.05) is 0 Å². The molecule has 0 aliphatic carbocycles. The molecule has 0 aromatic carbocycles. The summed E-state index contributed by atoms with van der Waals surface area (Å²) in [6.07, 6.45) is 2.53. The number of aliphatic carboxylic acids is 1. The fourth-order valence-corrected chi connectivity index (χ4v) is 4.42. The summed E-state index contributed by atoms with van der Waals surface area (Å²) in [6.45, 7) is 1.85. The maximum atomic E-state index is 12.7. The maximum Gasteiger partial charge on any atom is 0.331 e. The van der Waals surface area contributed by atoms with E-state index in [-0.39, 0.29) is 11.8 Å². The number of aromatic nitrogens is 3. The van der Waals surface area contributed by atoms with E-state index in [1.165, 1.54) is 13.4 Å². The van der Waals surface area contributed by atoms with Crippen LogP contribution in [0.15, 0.2) is 23.1 Å². The SMILES string of the molecule is CCS(=O)(=O)N1CCC(n2c(=O)n(CC(=O)O)c3cccnc32)CC1. The van der Waals surface area contributed by atoms with E-state index in [2.05, 4.69) is 4.98 Å². The first kappa shape index (κ1) is 17.6. The smallest absolute Gasteiger partial charge is 0.331 e. The standard InChI is InChI=1S/C15H20N4O5S/c1-2-25(23,24)17-8-5-11(6-9-17)19-14-12(4-3-7-16-14)18(15(19)22)10-13(20)21/h3-4,7,11H,2,5-6,8-10H2,1H3,(H,20,21). The number of fused-ring (bicyclic) bond motifs is 1. The first-order chi connectivity index (χ1) is 11.8. The second kappa shape index (κ2) is 6.60. The van der Waals surface area contributed by atoms with Gasteiger partial charge in [0.15, 0.2) is 5.65 Å². The molecule has 2 aromatic heterocycles. The molecule has 10 heteroatoms. The molecular weight excluding hydrogens is 348 g/mol. The van der Waals surface area contributed by atoms with E-state index in [1.54, 1.807) is 25.3 Å². The number of hydrogen-bond donors (Lipinski definition) is 1. The van der Waals surface area contributed by atoms with Crippen LogP contribution in [0.2, 0.25) is 0 Å². The van der Waals surface area contributed by atoms with Crippen LogP contribution in [0.1, 0.15) is 25.8 Å². The molecule has 0 bridgehead atoms. The summed E-state index contributed by atoms with van der Waals surface area (Å²) in [6, 6.07) is 3.11. The van der Waals surface area contributed by atoms with Gasteiger partial charge in [0.05, 0.1) is 11.3 Å². The number of sulfonamides is 1. The molecule has 0 radical (unpaired) electrons. The fourth-order valence-electron chi connectivity index (χ4n) is 3.29. The Labute approximate surface area is 144 Å². The molecule has 1 aliphatic rings. The Morgan fingerprint density at radius 2 is 2.04 bits per heavy atom. The molecule has 136 valence electrons. The average molecular weight is 368 g/mol. The van der Waals surface area contributed by atoms with Crippen molar-refractivity contribution in [2.75, 3.05) is 18.8 Å². The topological polar surface area (TPSA) is 114 Å². The highest BCUT2D eigenvalue weighted by atomic mass is 32.2. The molecule has 9 nitrogen and oxygen atoms in total. The van der Waals surface area contributed by atoms with Crippen molar-refractivity contribution in [1.29, 1.82) is 0 Å². The van der Waals surface area contributed by atoms with Gasteiger partial charge in [0.2, 0.25) is 10.0 Å². The Balaban J connectivity index is 1.97. The third kappa shape index (κ3) is 3.19. The van der Waals surface area contributed by atoms with Gasteiger partial charge in [0.1, 0.15) is 6.54 Å². The monoisotopic (exact) mass is 368 g/mol. The lowest BCUT2D eigenvalue weighted by atomic mass is 10.1. The van der Waals surface area contributed by atoms with Gasteiger partial charge in [-0.3, -0.25) is 13.9 Å². The van der Waals surface area contributed by atoms with E-state index in [0.29, 0.717) is 37.1 Å². The molecule has 0 spiro atoms. The molecule has 3 rings (SSSR count). The van der Waals surface area contributed by atoms with E-state index >= 15 is 0 Å². The highest BCUT2D eigenvalue weighted by molar-refractivity contribution is 7.89. The first-order valence-electron chi connectivity index (χ1n) is 8.10. The van der Waals surface area contributed by atoms with Gasteiger partial charge in [-0.2, -0.15) is 0 Å². The number of carboxylic acid groups (broad SMARTS) is 1. The second-order valence-electron chi connectivity index (χ2n) is 6.01. The normalized spacial score (nSPS) is 17.2. The quantitative estimate of drug-likeness (QED) is 0.810. The predicted octanol–water partition coefficient (Wildman–Crippen LogP) is 0.269. The van der Waals surface area contributed by atoms with Crippen molar-refractivity contribution in [2.24, 2.45) is 0 Å². The van der Waals surface area contributed by atoms with Crippen LogP contribution in [-0.2, 0) is 21.4 Å². The summed E-state index contributed by atoms with van der Waals surface area (Å²) in [5.74, 6) is -1.05. The third-order valence-electron chi connectivity index (χ3n) is 4.56. The van der Waals surface area contributed by atoms with Crippen molar-refractivity contribution >= 4 is 27.2 Å². The second-order valence-corrected chi connectivity index (χ2v) is 8.27. The van der Waals surface area contributed by atoms with Crippen molar-refractivity contribution in [3.8, 4) is 0 Å². The minimum absolute atomic E-state index is 0.0527. The lowest BCUT2D eigenvalue weighted by molar-refractivity contribution is -0.137. The number of piperidine rings is 1. The number of nitrogens with zero attached hydrogens (tertiary/aromatic N) is 4. The van der Waals surface area contributed by atoms with Crippen LogP contribution in [0.5, 0.6) is 0 Å². The average Bonchev–Trinajstić information content (AvgIpc) is 2.87. The highest BCUT2D eigenvalue weighted by Crippen LogP contribution is 2.26. The van der Waals surface area contributed by atoms with Crippen LogP contribution in [0, 0.1) is 0 Å². The van der Waals surface area contributed by atoms with Crippen molar-refractivity contribution in [3.63, 3.8) is 0 Å². The molecule has 0 amide bonds. The first-order valence-corrected chi connectivity index (χ1v) is 9.71. The fraction of sp³-hybridized carbons (Fsp3) is 0.533. The van der Waals surface area contributed by atoms with E-state index in [1.807, 2.05) is 0 Å². The van der Waals surface area contributed by atoms with Gasteiger partial charge in [-0.15, -0.1) is 0 Å². The van der Waals surface area contributed by atoms with Gasteiger partial charge < -0.3 is 5.11 Å². The van der Waals surface area contributed by atoms with Crippen LogP contribution >= 0.6 is 0 Å². The molecule has 2 aromatic rings. The van der Waals surface area contributed by atoms with Crippen molar-refractivity contribution in [1.82, 2.24) is 18.4 Å². The van der Waals surface area contributed by atoms with Crippen molar-refractivity contribution < 1.29 is 18.3 Å². The minimum atomic E-state index is -3.24. The lowest BCUT2D eigenvalue weighted by Gasteiger charge is -2.31. The predicted molar refractivity (Wildman–Crippen MR) is 90.9 cm³/mol. The zero-order valence-corrected chi connectivity index (χ0v) is 14.6. The molecule has 1 saturated heterocycles. The van der Waals surface area contributed by atoms with Gasteiger partial charge in [0.25, 0.3) is 0 Å². The van der Waals surface area contributed by atoms with E-state index in [4.69, 9.17) is 5.11 Å². The number of rotatable bonds is 5. The molecule has 0 unspecified atom stereocenters. The van der Waals surface area contributed by atoms with E-state index < -0.39 is 28.2 Å². The molecule has 1 fully saturated rings. The summed E-state index contributed by atoms with van der Waals surface area (Å²) < 4.78 is 28.1. The van der Waals surface area contributed by atoms with Gasteiger partial charge in [-0.25, -0.2) is 22.5 Å². The zero-order valence-electron chi connectivity index (χ0n) is 13.8. The Bertz CT molecular complexity index is 954. The number of hydrogen-bond acceptors (Lipinski definition) is 5.